The number of unbranched alkanes of at least 4 members (excludes halogenated alkanes) is 24. The van der Waals surface area contributed by atoms with Crippen LogP contribution in [-0.2, 0) is 52.5 Å². The number of nitrogens with two attached hydrogens (primary N) is 2. The molecule has 4 amide bonds. The van der Waals surface area contributed by atoms with Gasteiger partial charge >= 0.3 is 17.9 Å². The Morgan fingerprint density at radius 3 is 1.50 bits per heavy atom. The molecular weight excluding hydrogens is 1010 g/mol. The third kappa shape index (κ3) is 28.9. The van der Waals surface area contributed by atoms with E-state index in [2.05, 4.69) is 24.5 Å². The van der Waals surface area contributed by atoms with Crippen LogP contribution in [0.25, 0.3) is 0 Å². The van der Waals surface area contributed by atoms with Crippen LogP contribution in [0.4, 0.5) is 0 Å². The molecule has 1 saturated heterocycles. The summed E-state index contributed by atoms with van der Waals surface area (Å²) >= 11 is 0. The van der Waals surface area contributed by atoms with Crippen LogP contribution in [0, 0.1) is 0 Å². The zero-order valence-corrected chi connectivity index (χ0v) is 48.4. The molecule has 0 aromatic carbocycles. The first kappa shape index (κ1) is 72.0. The Hall–Kier alpha value is -3.99. The summed E-state index contributed by atoms with van der Waals surface area (Å²) in [5, 5.41) is 57.6. The first-order valence-corrected chi connectivity index (χ1v) is 29.6. The Morgan fingerprint density at radius 2 is 1.12 bits per heavy atom. The number of esters is 2. The number of carboxylic acids is 1. The van der Waals surface area contributed by atoms with Gasteiger partial charge < -0.3 is 71.5 Å². The van der Waals surface area contributed by atoms with Crippen LogP contribution in [0.3, 0.4) is 0 Å². The number of nitrogens with one attached hydrogen (secondary N) is 2. The topological polar surface area (TPSA) is 337 Å². The van der Waals surface area contributed by atoms with Crippen LogP contribution in [0.5, 0.6) is 0 Å². The van der Waals surface area contributed by atoms with Gasteiger partial charge in [-0.15, -0.1) is 0 Å². The number of carboxylic acid groups (broad SMARTS) is 1. The molecule has 1 heterocycles. The van der Waals surface area contributed by atoms with Gasteiger partial charge in [0.1, 0.15) is 30.4 Å². The molecule has 0 spiro atoms. The molecule has 11 N–H and O–H groups in total. The summed E-state index contributed by atoms with van der Waals surface area (Å²) in [6, 6.07) is -4.12. The minimum Gasteiger partial charge on any atom is -0.479 e. The highest BCUT2D eigenvalue weighted by Crippen LogP contribution is 2.27. The molecule has 21 heteroatoms. The molecule has 2 unspecified atom stereocenters. The fourth-order valence-corrected chi connectivity index (χ4v) is 9.94. The number of nitrogens with zero attached hydrogens (tertiary/aromatic N) is 1. The Labute approximate surface area is 465 Å². The highest BCUT2D eigenvalue weighted by atomic mass is 16.6. The standard InChI is InChI=1S/C57H105N5O16/c1-7-9-11-13-15-17-19-21-23-25-27-29-31-33-47(67)76-45(39-64)52(78-48(68)34-32-30-28-26-24-22-20-18-16-14-12-10-8-2)57(6,56(73)74)61-46(66)36-35-43(53(59)70)62(54(71)41(4)58)37-40(3)75-51-49(60-42(5)65)55(72)77-44(38-63)50(51)69/h40-41,43-45,49-52,55,63-64,69,72H,7-39,58H2,1-6H3,(H2,59,70)(H,60,65)(H,61,66)(H,73,74)/t40?,41-,43+,44+,45-,49+,50+,51+,52?,55-,57+/m0/s1. The Bertz CT molecular complexity index is 1710. The number of primary amides is 1. The number of rotatable bonds is 47. The summed E-state index contributed by atoms with van der Waals surface area (Å²) in [5.74, 6) is -6.80. The quantitative estimate of drug-likeness (QED) is 0.0254. The third-order valence-electron chi connectivity index (χ3n) is 14.5. The van der Waals surface area contributed by atoms with Crippen molar-refractivity contribution in [1.82, 2.24) is 15.5 Å². The zero-order chi connectivity index (χ0) is 58.5. The second-order valence-electron chi connectivity index (χ2n) is 21.8. The maximum absolute atomic E-state index is 13.9. The van der Waals surface area contributed by atoms with E-state index in [1.807, 2.05) is 0 Å². The summed E-state index contributed by atoms with van der Waals surface area (Å²) in [7, 11) is 0. The van der Waals surface area contributed by atoms with Crippen LogP contribution < -0.4 is 22.1 Å². The van der Waals surface area contributed by atoms with E-state index in [0.717, 1.165) is 76.5 Å². The molecule has 1 aliphatic rings. The van der Waals surface area contributed by atoms with Gasteiger partial charge in [-0.3, -0.25) is 28.8 Å². The van der Waals surface area contributed by atoms with Gasteiger partial charge in [-0.05, 0) is 40.0 Å². The van der Waals surface area contributed by atoms with E-state index in [1.54, 1.807) is 0 Å². The lowest BCUT2D eigenvalue weighted by Gasteiger charge is -2.44. The van der Waals surface area contributed by atoms with Crippen molar-refractivity contribution >= 4 is 41.5 Å². The number of aliphatic hydroxyl groups is 4. The van der Waals surface area contributed by atoms with Crippen LogP contribution in [0.2, 0.25) is 0 Å². The molecule has 454 valence electrons. The van der Waals surface area contributed by atoms with Crippen LogP contribution in [-0.4, -0.2) is 158 Å². The summed E-state index contributed by atoms with van der Waals surface area (Å²) in [6.07, 6.45) is 16.1. The van der Waals surface area contributed by atoms with Crippen molar-refractivity contribution < 1.29 is 78.0 Å². The SMILES string of the molecule is CCCCCCCCCCCCCCCC(=O)OC([C@H](CO)OC(=O)CCCCCCCCCCCCCCC)[C@@](C)(NC(=O)CC[C@H](C(N)=O)N(CC(C)O[C@H]1[C@H](O)[C@@H](CO)O[C@H](O)[C@@H]1NC(C)=O)C(=O)[C@H](C)N)C(=O)O. The van der Waals surface area contributed by atoms with Crippen molar-refractivity contribution in [3.05, 3.63) is 0 Å². The van der Waals surface area contributed by atoms with Gasteiger partial charge in [-0.25, -0.2) is 4.79 Å². The second-order valence-corrected chi connectivity index (χ2v) is 21.8. The van der Waals surface area contributed by atoms with Gasteiger partial charge in [0.2, 0.25) is 23.6 Å². The van der Waals surface area contributed by atoms with E-state index in [4.69, 9.17) is 30.4 Å². The number of hydrogen-bond acceptors (Lipinski definition) is 16. The molecule has 0 saturated carbocycles. The molecule has 0 radical (unpaired) electrons. The molecule has 11 atom stereocenters. The van der Waals surface area contributed by atoms with Gasteiger partial charge in [-0.1, -0.05) is 168 Å². The predicted octanol–water partition coefficient (Wildman–Crippen LogP) is 5.88. The average molecular weight is 1120 g/mol. The number of aliphatic hydroxyl groups excluding tert-OH is 4. The fourth-order valence-electron chi connectivity index (χ4n) is 9.94. The van der Waals surface area contributed by atoms with E-state index < -0.39 is 141 Å². The molecule has 0 aliphatic carbocycles. The van der Waals surface area contributed by atoms with Crippen LogP contribution in [0.15, 0.2) is 0 Å². The van der Waals surface area contributed by atoms with E-state index in [-0.39, 0.29) is 12.8 Å². The maximum atomic E-state index is 13.9. The van der Waals surface area contributed by atoms with Crippen molar-refractivity contribution in [2.75, 3.05) is 19.8 Å². The van der Waals surface area contributed by atoms with E-state index in [9.17, 15) is 59.1 Å². The number of hydrogen-bond donors (Lipinski definition) is 9. The Morgan fingerprint density at radius 1 is 0.679 bits per heavy atom. The molecule has 0 aromatic rings. The molecule has 1 rings (SSSR count). The molecular formula is C57H105N5O16. The molecule has 1 aliphatic heterocycles. The first-order chi connectivity index (χ1) is 37.2. The van der Waals surface area contributed by atoms with Crippen molar-refractivity contribution in [2.45, 2.75) is 301 Å². The molecule has 21 nitrogen and oxygen atoms in total. The van der Waals surface area contributed by atoms with E-state index in [1.165, 1.54) is 104 Å². The smallest absolute Gasteiger partial charge is 0.333 e. The van der Waals surface area contributed by atoms with Crippen LogP contribution in [0.1, 0.15) is 234 Å². The number of carbonyl (C=O) groups excluding carboxylic acids is 6. The molecule has 1 fully saturated rings. The number of aliphatic carboxylic acids is 1. The first-order valence-electron chi connectivity index (χ1n) is 29.6. The minimum absolute atomic E-state index is 0.0461. The van der Waals surface area contributed by atoms with Gasteiger partial charge in [0.05, 0.1) is 25.4 Å². The zero-order valence-electron chi connectivity index (χ0n) is 48.4. The normalized spacial score (nSPS) is 20.1. The highest BCUT2D eigenvalue weighted by Gasteiger charge is 2.51. The minimum atomic E-state index is -2.52. The summed E-state index contributed by atoms with van der Waals surface area (Å²) < 4.78 is 22.7. The highest BCUT2D eigenvalue weighted by molar-refractivity contribution is 5.90. The maximum Gasteiger partial charge on any atom is 0.333 e. The average Bonchev–Trinajstić information content (AvgIpc) is 3.38. The van der Waals surface area contributed by atoms with Crippen molar-refractivity contribution in [3.8, 4) is 0 Å². The van der Waals surface area contributed by atoms with E-state index >= 15 is 0 Å². The lowest BCUT2D eigenvalue weighted by molar-refractivity contribution is -0.268. The lowest BCUT2D eigenvalue weighted by Crippen LogP contribution is -2.66. The summed E-state index contributed by atoms with van der Waals surface area (Å²) in [5.41, 5.74) is 9.28. The Kier molecular flexibility index (Phi) is 38.7. The van der Waals surface area contributed by atoms with Crippen molar-refractivity contribution in [3.63, 3.8) is 0 Å². The molecule has 0 bridgehead atoms. The van der Waals surface area contributed by atoms with Gasteiger partial charge in [0, 0.05) is 32.7 Å². The van der Waals surface area contributed by atoms with Gasteiger partial charge in [-0.2, -0.15) is 0 Å². The largest absolute Gasteiger partial charge is 0.479 e. The number of carbonyl (C=O) groups is 7. The molecule has 78 heavy (non-hydrogen) atoms. The second kappa shape index (κ2) is 41.9. The van der Waals surface area contributed by atoms with Gasteiger partial charge in [0.15, 0.2) is 24.0 Å². The fraction of sp³-hybridized carbons (Fsp3) is 0.877. The number of amides is 4. The lowest BCUT2D eigenvalue weighted by atomic mass is 9.89. The Balaban J connectivity index is 3.22. The molecule has 0 aromatic heterocycles. The monoisotopic (exact) mass is 1120 g/mol. The van der Waals surface area contributed by atoms with Gasteiger partial charge in [0.25, 0.3) is 0 Å². The van der Waals surface area contributed by atoms with E-state index in [0.29, 0.717) is 19.3 Å². The predicted molar refractivity (Wildman–Crippen MR) is 295 cm³/mol. The van der Waals surface area contributed by atoms with Crippen molar-refractivity contribution in [1.29, 1.82) is 0 Å². The summed E-state index contributed by atoms with van der Waals surface area (Å²) in [6.45, 7) is 7.26. The van der Waals surface area contributed by atoms with Crippen LogP contribution >= 0.6 is 0 Å². The van der Waals surface area contributed by atoms with Crippen molar-refractivity contribution in [2.24, 2.45) is 11.5 Å². The summed E-state index contributed by atoms with van der Waals surface area (Å²) in [4.78, 5) is 93.8. The third-order valence-corrected chi connectivity index (χ3v) is 14.5. The number of ether oxygens (including phenoxy) is 4.